The van der Waals surface area contributed by atoms with Crippen molar-refractivity contribution in [3.8, 4) is 0 Å². The number of nitrogens with one attached hydrogen (secondary N) is 1. The molecule has 0 saturated carbocycles. The Kier molecular flexibility index (Phi) is 4.94. The van der Waals surface area contributed by atoms with Gasteiger partial charge < -0.3 is 10.4 Å². The lowest BCUT2D eigenvalue weighted by atomic mass is 10.4. The van der Waals surface area contributed by atoms with Crippen LogP contribution in [0.15, 0.2) is 0 Å². The van der Waals surface area contributed by atoms with Gasteiger partial charge >= 0.3 is 0 Å². The minimum absolute atomic E-state index is 0.0203. The molecule has 0 bridgehead atoms. The van der Waals surface area contributed by atoms with Gasteiger partial charge in [0, 0.05) is 19.4 Å². The fourth-order valence-electron chi connectivity index (χ4n) is 0.629. The summed E-state index contributed by atoms with van der Waals surface area (Å²) in [5.74, 6) is -0.518. The summed E-state index contributed by atoms with van der Waals surface area (Å²) >= 11 is 0. The van der Waals surface area contributed by atoms with E-state index in [1.807, 2.05) is 0 Å². The summed E-state index contributed by atoms with van der Waals surface area (Å²) in [4.78, 5) is 11.1. The number of hydrogen-bond donors (Lipinski definition) is 2. The fourth-order valence-corrected chi connectivity index (χ4v) is 1.10. The van der Waals surface area contributed by atoms with Gasteiger partial charge in [0.25, 0.3) is 0 Å². The first-order chi connectivity index (χ1) is 5.89. The van der Waals surface area contributed by atoms with E-state index in [0.717, 1.165) is 6.26 Å². The number of carbonyl (C=O) groups excluding carboxylic acids is 1. The van der Waals surface area contributed by atoms with Crippen molar-refractivity contribution < 1.29 is 18.3 Å². The third-order valence-corrected chi connectivity index (χ3v) is 3.14. The van der Waals surface area contributed by atoms with Gasteiger partial charge in [0.1, 0.15) is 5.25 Å². The molecule has 0 fully saturated rings. The van der Waals surface area contributed by atoms with Crippen LogP contribution in [-0.4, -0.2) is 44.1 Å². The van der Waals surface area contributed by atoms with Crippen molar-refractivity contribution in [2.24, 2.45) is 0 Å². The third-order valence-electron chi connectivity index (χ3n) is 1.65. The smallest absolute Gasteiger partial charge is 0.238 e. The lowest BCUT2D eigenvalue weighted by molar-refractivity contribution is -0.120. The summed E-state index contributed by atoms with van der Waals surface area (Å²) < 4.78 is 21.8. The largest absolute Gasteiger partial charge is 0.396 e. The highest BCUT2D eigenvalue weighted by Gasteiger charge is 2.22. The topological polar surface area (TPSA) is 83.5 Å². The van der Waals surface area contributed by atoms with Crippen LogP contribution < -0.4 is 5.32 Å². The standard InChI is InChI=1S/C7H15NO4S/c1-6(13(2,11)12)7(10)8-4-3-5-9/h6,9H,3-5H2,1-2H3,(H,8,10). The van der Waals surface area contributed by atoms with Gasteiger partial charge in [-0.3, -0.25) is 4.79 Å². The molecule has 2 N–H and O–H groups in total. The van der Waals surface area contributed by atoms with E-state index < -0.39 is 21.0 Å². The Morgan fingerprint density at radius 3 is 2.46 bits per heavy atom. The first-order valence-electron chi connectivity index (χ1n) is 3.97. The van der Waals surface area contributed by atoms with Crippen LogP contribution in [0.4, 0.5) is 0 Å². The van der Waals surface area contributed by atoms with Gasteiger partial charge in [0.15, 0.2) is 9.84 Å². The summed E-state index contributed by atoms with van der Waals surface area (Å²) in [7, 11) is -3.31. The van der Waals surface area contributed by atoms with Crippen LogP contribution >= 0.6 is 0 Å². The zero-order chi connectivity index (χ0) is 10.5. The predicted octanol–water partition coefficient (Wildman–Crippen LogP) is -1.08. The van der Waals surface area contributed by atoms with E-state index >= 15 is 0 Å². The summed E-state index contributed by atoms with van der Waals surface area (Å²) in [6.45, 7) is 1.62. The SMILES string of the molecule is CC(C(=O)NCCCO)S(C)(=O)=O. The van der Waals surface area contributed by atoms with Crippen LogP contribution in [0, 0.1) is 0 Å². The Hall–Kier alpha value is -0.620. The van der Waals surface area contributed by atoms with E-state index in [1.165, 1.54) is 6.92 Å². The fraction of sp³-hybridized carbons (Fsp3) is 0.857. The Bertz CT molecular complexity index is 260. The van der Waals surface area contributed by atoms with Gasteiger partial charge in [-0.25, -0.2) is 8.42 Å². The molecule has 0 rings (SSSR count). The van der Waals surface area contributed by atoms with Crippen molar-refractivity contribution in [2.45, 2.75) is 18.6 Å². The minimum atomic E-state index is -3.31. The number of amides is 1. The Morgan fingerprint density at radius 1 is 1.54 bits per heavy atom. The van der Waals surface area contributed by atoms with Gasteiger partial charge in [0.2, 0.25) is 5.91 Å². The Morgan fingerprint density at radius 2 is 2.08 bits per heavy atom. The molecule has 0 saturated heterocycles. The molecule has 0 radical (unpaired) electrons. The number of sulfone groups is 1. The lowest BCUT2D eigenvalue weighted by Crippen LogP contribution is -2.38. The second-order valence-electron chi connectivity index (χ2n) is 2.84. The maximum absolute atomic E-state index is 11.1. The van der Waals surface area contributed by atoms with E-state index in [2.05, 4.69) is 5.32 Å². The van der Waals surface area contributed by atoms with Crippen molar-refractivity contribution in [3.63, 3.8) is 0 Å². The van der Waals surface area contributed by atoms with Crippen LogP contribution in [0.1, 0.15) is 13.3 Å². The average Bonchev–Trinajstić information content (AvgIpc) is 2.01. The van der Waals surface area contributed by atoms with Gasteiger partial charge in [-0.15, -0.1) is 0 Å². The summed E-state index contributed by atoms with van der Waals surface area (Å²) in [5.41, 5.74) is 0. The van der Waals surface area contributed by atoms with E-state index in [4.69, 9.17) is 5.11 Å². The number of carbonyl (C=O) groups is 1. The molecular weight excluding hydrogens is 194 g/mol. The Balaban J connectivity index is 3.99. The van der Waals surface area contributed by atoms with Crippen LogP contribution in [0.5, 0.6) is 0 Å². The molecule has 0 spiro atoms. The number of hydrogen-bond acceptors (Lipinski definition) is 4. The zero-order valence-electron chi connectivity index (χ0n) is 7.78. The number of rotatable bonds is 5. The maximum Gasteiger partial charge on any atom is 0.238 e. The van der Waals surface area contributed by atoms with Crippen LogP contribution in [0.25, 0.3) is 0 Å². The summed E-state index contributed by atoms with van der Waals surface area (Å²) in [5, 5.41) is 9.80. The quantitative estimate of drug-likeness (QED) is 0.564. The minimum Gasteiger partial charge on any atom is -0.396 e. The van der Waals surface area contributed by atoms with E-state index in [1.54, 1.807) is 0 Å². The van der Waals surface area contributed by atoms with Gasteiger partial charge in [-0.1, -0.05) is 0 Å². The van der Waals surface area contributed by atoms with Crippen molar-refractivity contribution in [3.05, 3.63) is 0 Å². The number of aliphatic hydroxyl groups excluding tert-OH is 1. The second-order valence-corrected chi connectivity index (χ2v) is 5.21. The van der Waals surface area contributed by atoms with Gasteiger partial charge in [0.05, 0.1) is 0 Å². The van der Waals surface area contributed by atoms with Gasteiger partial charge in [-0.05, 0) is 13.3 Å². The lowest BCUT2D eigenvalue weighted by Gasteiger charge is -2.09. The average molecular weight is 209 g/mol. The Labute approximate surface area is 78.1 Å². The van der Waals surface area contributed by atoms with E-state index in [-0.39, 0.29) is 6.61 Å². The van der Waals surface area contributed by atoms with Crippen molar-refractivity contribution in [1.29, 1.82) is 0 Å². The van der Waals surface area contributed by atoms with Crippen LogP contribution in [0.2, 0.25) is 0 Å². The van der Waals surface area contributed by atoms with E-state index in [9.17, 15) is 13.2 Å². The molecule has 0 heterocycles. The van der Waals surface area contributed by atoms with Crippen LogP contribution in [0.3, 0.4) is 0 Å². The van der Waals surface area contributed by atoms with Gasteiger partial charge in [-0.2, -0.15) is 0 Å². The molecule has 5 nitrogen and oxygen atoms in total. The first-order valence-corrected chi connectivity index (χ1v) is 5.92. The molecule has 1 atom stereocenters. The van der Waals surface area contributed by atoms with Crippen molar-refractivity contribution in [2.75, 3.05) is 19.4 Å². The van der Waals surface area contributed by atoms with Crippen molar-refractivity contribution in [1.82, 2.24) is 5.32 Å². The van der Waals surface area contributed by atoms with Crippen molar-refractivity contribution >= 4 is 15.7 Å². The molecule has 0 aromatic heterocycles. The first kappa shape index (κ1) is 12.4. The number of aliphatic hydroxyl groups is 1. The summed E-state index contributed by atoms with van der Waals surface area (Å²) in [6.07, 6.45) is 1.45. The molecule has 0 aromatic rings. The molecule has 0 aliphatic rings. The maximum atomic E-state index is 11.1. The zero-order valence-corrected chi connectivity index (χ0v) is 8.60. The predicted molar refractivity (Wildman–Crippen MR) is 49.0 cm³/mol. The molecule has 0 aromatic carbocycles. The van der Waals surface area contributed by atoms with Crippen LogP contribution in [-0.2, 0) is 14.6 Å². The molecule has 0 aliphatic carbocycles. The summed E-state index contributed by atoms with van der Waals surface area (Å²) in [6, 6.07) is 0. The molecule has 1 unspecified atom stereocenters. The van der Waals surface area contributed by atoms with E-state index in [0.29, 0.717) is 13.0 Å². The monoisotopic (exact) mass is 209 g/mol. The highest BCUT2D eigenvalue weighted by atomic mass is 32.2. The highest BCUT2D eigenvalue weighted by Crippen LogP contribution is 1.97. The molecule has 78 valence electrons. The molecule has 1 amide bonds. The molecule has 6 heteroatoms. The third kappa shape index (κ3) is 4.84. The molecular formula is C7H15NO4S. The second kappa shape index (κ2) is 5.18. The molecule has 0 aliphatic heterocycles. The highest BCUT2D eigenvalue weighted by molar-refractivity contribution is 7.92. The normalized spacial score (nSPS) is 13.8. The molecule has 13 heavy (non-hydrogen) atoms.